The Hall–Kier alpha value is -2.14. The Labute approximate surface area is 180 Å². The van der Waals surface area contributed by atoms with Crippen molar-refractivity contribution >= 4 is 5.91 Å². The molecule has 0 bridgehead atoms. The number of nitrogens with zero attached hydrogens (tertiary/aromatic N) is 3. The normalized spacial score (nSPS) is 20.4. The molecule has 0 radical (unpaired) electrons. The van der Waals surface area contributed by atoms with E-state index in [2.05, 4.69) is 46.0 Å². The van der Waals surface area contributed by atoms with Crippen LogP contribution in [0, 0.1) is 0 Å². The van der Waals surface area contributed by atoms with Crippen molar-refractivity contribution in [2.75, 3.05) is 19.6 Å². The fourth-order valence-electron chi connectivity index (χ4n) is 5.06. The molecule has 30 heavy (non-hydrogen) atoms. The summed E-state index contributed by atoms with van der Waals surface area (Å²) in [6, 6.07) is 11.2. The topological polar surface area (TPSA) is 50.2 Å². The van der Waals surface area contributed by atoms with Gasteiger partial charge in [0.05, 0.1) is 12.0 Å². The van der Waals surface area contributed by atoms with Crippen LogP contribution in [0.3, 0.4) is 0 Å². The molecule has 1 aliphatic heterocycles. The van der Waals surface area contributed by atoms with Gasteiger partial charge in [-0.15, -0.1) is 0 Å². The number of carbonyl (C=O) groups excluding carboxylic acids is 1. The Kier molecular flexibility index (Phi) is 7.21. The van der Waals surface area contributed by atoms with Gasteiger partial charge in [0, 0.05) is 31.7 Å². The molecule has 1 atom stereocenters. The lowest BCUT2D eigenvalue weighted by atomic mass is 9.95. The Balaban J connectivity index is 1.57. The van der Waals surface area contributed by atoms with E-state index in [0.717, 1.165) is 45.3 Å². The van der Waals surface area contributed by atoms with E-state index in [1.165, 1.54) is 43.4 Å². The lowest BCUT2D eigenvalue weighted by Crippen LogP contribution is -2.54. The number of imidazole rings is 1. The van der Waals surface area contributed by atoms with Crippen LogP contribution in [0.1, 0.15) is 79.7 Å². The maximum absolute atomic E-state index is 13.7. The van der Waals surface area contributed by atoms with Gasteiger partial charge in [0.2, 0.25) is 0 Å². The average molecular weight is 409 g/mol. The summed E-state index contributed by atoms with van der Waals surface area (Å²) in [5, 5.41) is 3.48. The molecule has 0 unspecified atom stereocenters. The molecule has 1 aliphatic carbocycles. The lowest BCUT2D eigenvalue weighted by molar-refractivity contribution is 0.0629. The summed E-state index contributed by atoms with van der Waals surface area (Å²) in [7, 11) is 0. The number of rotatable bonds is 7. The quantitative estimate of drug-likeness (QED) is 0.739. The van der Waals surface area contributed by atoms with Gasteiger partial charge in [0.25, 0.3) is 5.91 Å². The molecule has 4 rings (SSSR count). The predicted octanol–water partition coefficient (Wildman–Crippen LogP) is 4.39. The summed E-state index contributed by atoms with van der Waals surface area (Å²) in [6.45, 7) is 4.66. The molecule has 5 heteroatoms. The second kappa shape index (κ2) is 10.3. The van der Waals surface area contributed by atoms with Crippen molar-refractivity contribution in [2.45, 2.75) is 76.8 Å². The van der Waals surface area contributed by atoms with Crippen molar-refractivity contribution in [1.29, 1.82) is 0 Å². The molecule has 1 saturated heterocycles. The highest BCUT2D eigenvalue weighted by Crippen LogP contribution is 2.31. The van der Waals surface area contributed by atoms with E-state index in [4.69, 9.17) is 4.98 Å². The number of aromatic nitrogens is 2. The lowest BCUT2D eigenvalue weighted by Gasteiger charge is -2.36. The predicted molar refractivity (Wildman–Crippen MR) is 121 cm³/mol. The first-order valence-electron chi connectivity index (χ1n) is 11.9. The first kappa shape index (κ1) is 21.1. The van der Waals surface area contributed by atoms with E-state index in [9.17, 15) is 4.79 Å². The first-order valence-corrected chi connectivity index (χ1v) is 11.9. The number of hydrogen-bond acceptors (Lipinski definition) is 3. The largest absolute Gasteiger partial charge is 0.331 e. The smallest absolute Gasteiger partial charge is 0.274 e. The molecule has 1 amide bonds. The number of nitrogens with one attached hydrogen (secondary N) is 1. The van der Waals surface area contributed by atoms with Gasteiger partial charge < -0.3 is 14.8 Å². The minimum absolute atomic E-state index is 0.123. The number of unbranched alkanes of at least 4 members (excludes halogenated alkanes) is 1. The third kappa shape index (κ3) is 4.77. The first-order chi connectivity index (χ1) is 14.8. The van der Waals surface area contributed by atoms with Gasteiger partial charge in [-0.2, -0.15) is 0 Å². The third-order valence-electron chi connectivity index (χ3n) is 6.76. The van der Waals surface area contributed by atoms with Crippen LogP contribution in [0.2, 0.25) is 0 Å². The van der Waals surface area contributed by atoms with Gasteiger partial charge in [-0.25, -0.2) is 4.98 Å². The van der Waals surface area contributed by atoms with Gasteiger partial charge in [-0.3, -0.25) is 4.79 Å². The van der Waals surface area contributed by atoms with Crippen LogP contribution in [-0.2, 0) is 12.8 Å². The van der Waals surface area contributed by atoms with Gasteiger partial charge in [-0.05, 0) is 37.7 Å². The van der Waals surface area contributed by atoms with Crippen molar-refractivity contribution in [3.05, 3.63) is 53.6 Å². The van der Waals surface area contributed by atoms with Gasteiger partial charge >= 0.3 is 0 Å². The minimum atomic E-state index is 0.123. The van der Waals surface area contributed by atoms with E-state index < -0.39 is 0 Å². The van der Waals surface area contributed by atoms with Crippen molar-refractivity contribution in [3.63, 3.8) is 0 Å². The fourth-order valence-corrected chi connectivity index (χ4v) is 5.06. The van der Waals surface area contributed by atoms with E-state index in [1.54, 1.807) is 0 Å². The Morgan fingerprint density at radius 1 is 1.17 bits per heavy atom. The molecule has 0 spiro atoms. The molecule has 2 aromatic rings. The molecule has 1 N–H and O–H groups in total. The zero-order chi connectivity index (χ0) is 20.8. The molecule has 2 aliphatic rings. The molecule has 2 heterocycles. The van der Waals surface area contributed by atoms with Crippen LogP contribution in [0.25, 0.3) is 0 Å². The summed E-state index contributed by atoms with van der Waals surface area (Å²) in [5.41, 5.74) is 3.16. The second-order valence-corrected chi connectivity index (χ2v) is 8.89. The highest BCUT2D eigenvalue weighted by Gasteiger charge is 2.31. The maximum Gasteiger partial charge on any atom is 0.274 e. The van der Waals surface area contributed by atoms with Crippen LogP contribution >= 0.6 is 0 Å². The molecule has 1 aromatic carbocycles. The zero-order valence-electron chi connectivity index (χ0n) is 18.4. The van der Waals surface area contributed by atoms with Crippen LogP contribution in [0.5, 0.6) is 0 Å². The van der Waals surface area contributed by atoms with Crippen LogP contribution in [0.15, 0.2) is 36.7 Å². The zero-order valence-corrected chi connectivity index (χ0v) is 18.4. The summed E-state index contributed by atoms with van der Waals surface area (Å²) < 4.78 is 2.36. The molecule has 1 aromatic heterocycles. The molecular formula is C25H36N4O. The molecule has 162 valence electrons. The average Bonchev–Trinajstić information content (AvgIpc) is 3.22. The Morgan fingerprint density at radius 2 is 1.97 bits per heavy atom. The summed E-state index contributed by atoms with van der Waals surface area (Å²) in [6.07, 6.45) is 12.4. The number of carbonyl (C=O) groups is 1. The molecule has 1 saturated carbocycles. The summed E-state index contributed by atoms with van der Waals surface area (Å²) in [5.74, 6) is 0.123. The Bertz CT molecular complexity index is 810. The van der Waals surface area contributed by atoms with Crippen molar-refractivity contribution in [1.82, 2.24) is 19.8 Å². The van der Waals surface area contributed by atoms with E-state index in [0.29, 0.717) is 11.7 Å². The van der Waals surface area contributed by atoms with Crippen molar-refractivity contribution in [3.8, 4) is 0 Å². The monoisotopic (exact) mass is 408 g/mol. The molecule has 5 nitrogen and oxygen atoms in total. The molecular weight excluding hydrogens is 372 g/mol. The van der Waals surface area contributed by atoms with Gasteiger partial charge in [0.1, 0.15) is 5.69 Å². The van der Waals surface area contributed by atoms with Crippen molar-refractivity contribution < 1.29 is 4.79 Å². The molecule has 2 fully saturated rings. The summed E-state index contributed by atoms with van der Waals surface area (Å²) >= 11 is 0. The van der Waals surface area contributed by atoms with Crippen LogP contribution in [0.4, 0.5) is 0 Å². The van der Waals surface area contributed by atoms with E-state index >= 15 is 0 Å². The number of piperazine rings is 1. The van der Waals surface area contributed by atoms with E-state index in [-0.39, 0.29) is 11.9 Å². The van der Waals surface area contributed by atoms with Gasteiger partial charge in [-0.1, -0.05) is 62.9 Å². The number of amides is 1. The third-order valence-corrected chi connectivity index (χ3v) is 6.76. The summed E-state index contributed by atoms with van der Waals surface area (Å²) in [4.78, 5) is 20.5. The highest BCUT2D eigenvalue weighted by molar-refractivity contribution is 5.94. The van der Waals surface area contributed by atoms with Gasteiger partial charge in [0.15, 0.2) is 0 Å². The number of hydrogen-bond donors (Lipinski definition) is 1. The highest BCUT2D eigenvalue weighted by atomic mass is 16.2. The number of benzene rings is 1. The van der Waals surface area contributed by atoms with Crippen LogP contribution in [-0.4, -0.2) is 46.0 Å². The van der Waals surface area contributed by atoms with Crippen LogP contribution < -0.4 is 5.32 Å². The Morgan fingerprint density at radius 3 is 2.73 bits per heavy atom. The second-order valence-electron chi connectivity index (χ2n) is 8.89. The SMILES string of the molecule is CCCCc1c(C(=O)N2CCNC[C@H]2Cc2ccccc2)ncn1C1CCCCC1. The van der Waals surface area contributed by atoms with Crippen molar-refractivity contribution in [2.24, 2.45) is 0 Å². The fraction of sp³-hybridized carbons (Fsp3) is 0.600. The minimum Gasteiger partial charge on any atom is -0.331 e. The standard InChI is InChI=1S/C25H36N4O/c1-2-3-14-23-24(27-19-29(23)21-12-8-5-9-13-21)25(30)28-16-15-26-18-22(28)17-20-10-6-4-7-11-20/h4,6-7,10-11,19,21-22,26H,2-3,5,8-9,12-18H2,1H3/t22-/m1/s1. The maximum atomic E-state index is 13.7. The van der Waals surface area contributed by atoms with E-state index in [1.807, 2.05) is 12.4 Å².